The van der Waals surface area contributed by atoms with E-state index < -0.39 is 9.84 Å². The fourth-order valence-corrected chi connectivity index (χ4v) is 3.66. The van der Waals surface area contributed by atoms with Crippen molar-refractivity contribution in [1.29, 1.82) is 0 Å². The van der Waals surface area contributed by atoms with Crippen LogP contribution in [0.4, 0.5) is 0 Å². The van der Waals surface area contributed by atoms with Crippen molar-refractivity contribution >= 4 is 9.84 Å². The Hall–Kier alpha value is -0.0900. The summed E-state index contributed by atoms with van der Waals surface area (Å²) >= 11 is 0. The van der Waals surface area contributed by atoms with E-state index in [0.29, 0.717) is 11.8 Å². The Kier molecular flexibility index (Phi) is 4.87. The molecule has 0 aromatic rings. The van der Waals surface area contributed by atoms with Gasteiger partial charge in [-0.15, -0.1) is 0 Å². The van der Waals surface area contributed by atoms with Gasteiger partial charge in [0.05, 0.1) is 0 Å². The summed E-state index contributed by atoms with van der Waals surface area (Å²) in [7, 11) is -2.84. The molecule has 2 N–H and O–H groups in total. The van der Waals surface area contributed by atoms with E-state index in [4.69, 9.17) is 5.73 Å². The van der Waals surface area contributed by atoms with Crippen molar-refractivity contribution in [2.24, 2.45) is 17.1 Å². The molecule has 1 aliphatic carbocycles. The van der Waals surface area contributed by atoms with Crippen LogP contribution in [0.3, 0.4) is 0 Å². The Labute approximate surface area is 112 Å². The van der Waals surface area contributed by atoms with Crippen LogP contribution in [0, 0.1) is 11.3 Å². The van der Waals surface area contributed by atoms with Crippen molar-refractivity contribution in [3.8, 4) is 0 Å². The van der Waals surface area contributed by atoms with Gasteiger partial charge in [-0.25, -0.2) is 8.42 Å². The summed E-state index contributed by atoms with van der Waals surface area (Å²) in [6.45, 7) is 6.89. The summed E-state index contributed by atoms with van der Waals surface area (Å²) in [5.74, 6) is 1.03. The fourth-order valence-electron chi connectivity index (χ4n) is 3.00. The SMILES string of the molecule is CC(C)(C)C1CCC(N)(CCCS(C)(=O)=O)CC1. The van der Waals surface area contributed by atoms with Gasteiger partial charge in [-0.2, -0.15) is 0 Å². The van der Waals surface area contributed by atoms with E-state index in [-0.39, 0.29) is 11.3 Å². The lowest BCUT2D eigenvalue weighted by atomic mass is 9.66. The molecule has 1 saturated carbocycles. The van der Waals surface area contributed by atoms with Crippen molar-refractivity contribution in [3.63, 3.8) is 0 Å². The molecule has 1 rings (SSSR count). The largest absolute Gasteiger partial charge is 0.325 e. The zero-order valence-corrected chi connectivity index (χ0v) is 13.1. The quantitative estimate of drug-likeness (QED) is 0.858. The monoisotopic (exact) mass is 275 g/mol. The second-order valence-corrected chi connectivity index (χ2v) is 9.50. The summed E-state index contributed by atoms with van der Waals surface area (Å²) in [6.07, 6.45) is 7.29. The van der Waals surface area contributed by atoms with Crippen LogP contribution in [0.25, 0.3) is 0 Å². The van der Waals surface area contributed by atoms with E-state index in [1.807, 2.05) is 0 Å². The highest BCUT2D eigenvalue weighted by molar-refractivity contribution is 7.90. The summed E-state index contributed by atoms with van der Waals surface area (Å²) in [4.78, 5) is 0. The van der Waals surface area contributed by atoms with Crippen molar-refractivity contribution in [2.75, 3.05) is 12.0 Å². The number of sulfone groups is 1. The van der Waals surface area contributed by atoms with Crippen LogP contribution in [-0.4, -0.2) is 26.0 Å². The smallest absolute Gasteiger partial charge is 0.147 e. The first kappa shape index (κ1) is 16.0. The maximum atomic E-state index is 11.1. The lowest BCUT2D eigenvalue weighted by Crippen LogP contribution is -2.45. The van der Waals surface area contributed by atoms with E-state index in [9.17, 15) is 8.42 Å². The van der Waals surface area contributed by atoms with E-state index in [1.54, 1.807) is 0 Å². The summed E-state index contributed by atoms with van der Waals surface area (Å²) in [5, 5.41) is 0. The lowest BCUT2D eigenvalue weighted by molar-refractivity contribution is 0.129. The average Bonchev–Trinajstić information content (AvgIpc) is 2.14. The van der Waals surface area contributed by atoms with Gasteiger partial charge in [-0.05, 0) is 49.9 Å². The molecule has 3 nitrogen and oxygen atoms in total. The van der Waals surface area contributed by atoms with Gasteiger partial charge < -0.3 is 5.73 Å². The van der Waals surface area contributed by atoms with E-state index in [0.717, 1.165) is 25.2 Å². The van der Waals surface area contributed by atoms with Gasteiger partial charge in [0, 0.05) is 17.5 Å². The third-order valence-electron chi connectivity index (χ3n) is 4.40. The first-order valence-corrected chi connectivity index (χ1v) is 9.05. The van der Waals surface area contributed by atoms with Gasteiger partial charge in [0.15, 0.2) is 0 Å². The Bertz CT molecular complexity index is 360. The first-order valence-electron chi connectivity index (χ1n) is 6.98. The number of nitrogens with two attached hydrogens (primary N) is 1. The summed E-state index contributed by atoms with van der Waals surface area (Å²) < 4.78 is 22.2. The van der Waals surface area contributed by atoms with Crippen molar-refractivity contribution in [3.05, 3.63) is 0 Å². The normalized spacial score (nSPS) is 30.4. The molecule has 0 amide bonds. The molecule has 108 valence electrons. The zero-order valence-electron chi connectivity index (χ0n) is 12.3. The van der Waals surface area contributed by atoms with Gasteiger partial charge in [0.1, 0.15) is 9.84 Å². The molecule has 0 aromatic heterocycles. The Morgan fingerprint density at radius 3 is 2.11 bits per heavy atom. The molecule has 0 radical (unpaired) electrons. The van der Waals surface area contributed by atoms with Crippen molar-refractivity contribution in [2.45, 2.75) is 64.8 Å². The minimum Gasteiger partial charge on any atom is -0.325 e. The predicted octanol–water partition coefficient (Wildman–Crippen LogP) is 2.75. The molecule has 0 saturated heterocycles. The Morgan fingerprint density at radius 1 is 1.22 bits per heavy atom. The maximum absolute atomic E-state index is 11.1. The van der Waals surface area contributed by atoms with Crippen LogP contribution in [0.2, 0.25) is 0 Å². The minimum atomic E-state index is -2.84. The molecule has 0 heterocycles. The summed E-state index contributed by atoms with van der Waals surface area (Å²) in [6, 6.07) is 0. The Balaban J connectivity index is 2.40. The molecule has 0 aromatic carbocycles. The standard InChI is InChI=1S/C14H29NO2S/c1-13(2,3)12-6-9-14(15,10-7-12)8-5-11-18(4,16)17/h12H,5-11,15H2,1-4H3. The molecule has 4 heteroatoms. The minimum absolute atomic E-state index is 0.119. The second kappa shape index (κ2) is 5.49. The molecule has 0 aliphatic heterocycles. The zero-order chi connectivity index (χ0) is 14.0. The molecular formula is C14H29NO2S. The average molecular weight is 275 g/mol. The number of hydrogen-bond donors (Lipinski definition) is 1. The van der Waals surface area contributed by atoms with Crippen LogP contribution >= 0.6 is 0 Å². The molecular weight excluding hydrogens is 246 g/mol. The highest BCUT2D eigenvalue weighted by Crippen LogP contribution is 2.41. The van der Waals surface area contributed by atoms with Gasteiger partial charge in [-0.1, -0.05) is 20.8 Å². The van der Waals surface area contributed by atoms with E-state index >= 15 is 0 Å². The van der Waals surface area contributed by atoms with Gasteiger partial charge >= 0.3 is 0 Å². The van der Waals surface area contributed by atoms with E-state index in [2.05, 4.69) is 20.8 Å². The first-order chi connectivity index (χ1) is 8.02. The second-order valence-electron chi connectivity index (χ2n) is 7.24. The highest BCUT2D eigenvalue weighted by Gasteiger charge is 2.35. The predicted molar refractivity (Wildman–Crippen MR) is 77.3 cm³/mol. The molecule has 18 heavy (non-hydrogen) atoms. The topological polar surface area (TPSA) is 60.2 Å². The Morgan fingerprint density at radius 2 is 1.72 bits per heavy atom. The van der Waals surface area contributed by atoms with Crippen molar-refractivity contribution < 1.29 is 8.42 Å². The molecule has 0 unspecified atom stereocenters. The molecule has 0 bridgehead atoms. The van der Waals surface area contributed by atoms with Gasteiger partial charge in [-0.3, -0.25) is 0 Å². The van der Waals surface area contributed by atoms with Crippen LogP contribution in [0.1, 0.15) is 59.3 Å². The van der Waals surface area contributed by atoms with E-state index in [1.165, 1.54) is 19.1 Å². The van der Waals surface area contributed by atoms with Crippen molar-refractivity contribution in [1.82, 2.24) is 0 Å². The molecule has 0 spiro atoms. The molecule has 0 atom stereocenters. The van der Waals surface area contributed by atoms with Gasteiger partial charge in [0.2, 0.25) is 0 Å². The van der Waals surface area contributed by atoms with Crippen LogP contribution in [-0.2, 0) is 9.84 Å². The highest BCUT2D eigenvalue weighted by atomic mass is 32.2. The maximum Gasteiger partial charge on any atom is 0.147 e. The molecule has 1 fully saturated rings. The summed E-state index contributed by atoms with van der Waals surface area (Å²) in [5.41, 5.74) is 6.65. The lowest BCUT2D eigenvalue weighted by Gasteiger charge is -2.42. The van der Waals surface area contributed by atoms with Crippen LogP contribution in [0.5, 0.6) is 0 Å². The third kappa shape index (κ3) is 5.27. The van der Waals surface area contributed by atoms with Crippen LogP contribution < -0.4 is 5.73 Å². The fraction of sp³-hybridized carbons (Fsp3) is 1.00. The third-order valence-corrected chi connectivity index (χ3v) is 5.43. The van der Waals surface area contributed by atoms with Crippen LogP contribution in [0.15, 0.2) is 0 Å². The number of hydrogen-bond acceptors (Lipinski definition) is 3. The number of rotatable bonds is 4. The van der Waals surface area contributed by atoms with Gasteiger partial charge in [0.25, 0.3) is 0 Å². The molecule has 1 aliphatic rings.